The lowest BCUT2D eigenvalue weighted by molar-refractivity contribution is 0.769. The Hall–Kier alpha value is 1.01. The van der Waals surface area contributed by atoms with Crippen molar-refractivity contribution < 1.29 is 0 Å². The van der Waals surface area contributed by atoms with Gasteiger partial charge in [-0.05, 0) is 0 Å². The topological polar surface area (TPSA) is 0 Å². The first kappa shape index (κ1) is 11.8. The smallest absolute Gasteiger partial charge is 0.115 e. The summed E-state index contributed by atoms with van der Waals surface area (Å²) in [5, 5.41) is 1.51. The van der Waals surface area contributed by atoms with E-state index in [2.05, 4.69) is 12.7 Å². The molecule has 0 saturated carbocycles. The summed E-state index contributed by atoms with van der Waals surface area (Å²) in [6.45, 7) is 2.25. The van der Waals surface area contributed by atoms with Crippen molar-refractivity contribution in [3.63, 3.8) is 0 Å². The fourth-order valence-corrected chi connectivity index (χ4v) is 1.30. The first-order valence-corrected chi connectivity index (χ1v) is 5.16. The van der Waals surface area contributed by atoms with Crippen molar-refractivity contribution >= 4 is 32.2 Å². The molecular formula is C6H15AlBr. The van der Waals surface area contributed by atoms with Gasteiger partial charge in [-0.1, -0.05) is 26.2 Å². The second-order valence-corrected chi connectivity index (χ2v) is 3.30. The van der Waals surface area contributed by atoms with Crippen LogP contribution in [0.4, 0.5) is 0 Å². The molecule has 0 N–H and O–H groups in total. The quantitative estimate of drug-likeness (QED) is 0.476. The van der Waals surface area contributed by atoms with Crippen LogP contribution in [0.25, 0.3) is 0 Å². The Bertz CT molecular complexity index is 27.7. The molecule has 0 saturated heterocycles. The highest BCUT2D eigenvalue weighted by molar-refractivity contribution is 8.93. The minimum Gasteiger partial charge on any atom is -0.115 e. The van der Waals surface area contributed by atoms with Crippen LogP contribution < -0.4 is 0 Å². The van der Waals surface area contributed by atoms with Crippen LogP contribution in [0.5, 0.6) is 0 Å². The zero-order chi connectivity index (χ0) is 5.54. The monoisotopic (exact) mass is 193 g/mol. The summed E-state index contributed by atoms with van der Waals surface area (Å²) < 4.78 is 0. The van der Waals surface area contributed by atoms with E-state index in [0.717, 1.165) is 15.2 Å². The molecule has 0 aliphatic heterocycles. The highest BCUT2D eigenvalue weighted by atomic mass is 79.9. The lowest BCUT2D eigenvalue weighted by atomic mass is 10.3. The van der Waals surface area contributed by atoms with Crippen molar-refractivity contribution in [2.75, 3.05) is 0 Å². The average molecular weight is 194 g/mol. The molecule has 0 rings (SSSR count). The van der Waals surface area contributed by atoms with Gasteiger partial charge in [0.2, 0.25) is 0 Å². The molecule has 0 aliphatic rings. The Balaban J connectivity index is 0. The van der Waals surface area contributed by atoms with Gasteiger partial charge in [-0.25, -0.2) is 0 Å². The maximum absolute atomic E-state index is 2.33. The fourth-order valence-electron chi connectivity index (χ4n) is 0.598. The number of unbranched alkanes of at least 4 members (excludes halogenated alkanes) is 2. The van der Waals surface area contributed by atoms with Crippen LogP contribution in [0.1, 0.15) is 26.2 Å². The Labute approximate surface area is 69.5 Å². The van der Waals surface area contributed by atoms with Crippen molar-refractivity contribution in [3.8, 4) is 0 Å². The summed E-state index contributed by atoms with van der Waals surface area (Å²) in [6.07, 6.45) is 4.29. The lowest BCUT2D eigenvalue weighted by Gasteiger charge is -1.89. The number of rotatable bonds is 4. The number of hydrogen-bond donors (Lipinski definition) is 0. The Morgan fingerprint density at radius 1 is 1.25 bits per heavy atom. The third-order valence-electron chi connectivity index (χ3n) is 1.10. The molecule has 0 amide bonds. The normalized spacial score (nSPS) is 7.75. The SMILES string of the molecule is Br.CCCC[CH2][Al][CH3]. The Morgan fingerprint density at radius 2 is 1.88 bits per heavy atom. The molecule has 0 unspecified atom stereocenters. The lowest BCUT2D eigenvalue weighted by Crippen LogP contribution is -1.79. The summed E-state index contributed by atoms with van der Waals surface area (Å²) in [6, 6.07) is 0. The van der Waals surface area contributed by atoms with Crippen LogP contribution in [-0.2, 0) is 0 Å². The zero-order valence-electron chi connectivity index (χ0n) is 5.81. The van der Waals surface area contributed by atoms with E-state index >= 15 is 0 Å². The predicted octanol–water partition coefficient (Wildman–Crippen LogP) is 2.93. The van der Waals surface area contributed by atoms with Crippen molar-refractivity contribution in [2.24, 2.45) is 0 Å². The minimum atomic E-state index is 0. The van der Waals surface area contributed by atoms with Crippen molar-refractivity contribution in [2.45, 2.75) is 37.3 Å². The van der Waals surface area contributed by atoms with E-state index in [0.29, 0.717) is 0 Å². The largest absolute Gasteiger partial charge is 0.195 e. The van der Waals surface area contributed by atoms with Gasteiger partial charge >= 0.3 is 0 Å². The third kappa shape index (κ3) is 10.1. The molecule has 0 aliphatic carbocycles. The molecule has 1 radical (unpaired) electrons. The first-order chi connectivity index (χ1) is 3.41. The molecule has 0 fully saturated rings. The van der Waals surface area contributed by atoms with E-state index in [-0.39, 0.29) is 17.0 Å². The van der Waals surface area contributed by atoms with Crippen LogP contribution >= 0.6 is 17.0 Å². The molecule has 0 spiro atoms. The molecule has 0 aromatic heterocycles. The van der Waals surface area contributed by atoms with Gasteiger partial charge in [-0.15, -0.1) is 28.0 Å². The summed E-state index contributed by atoms with van der Waals surface area (Å²) in [5.41, 5.74) is 0. The predicted molar refractivity (Wildman–Crippen MR) is 46.3 cm³/mol. The average Bonchev–Trinajstić information content (AvgIpc) is 1.69. The molecule has 0 aromatic carbocycles. The molecule has 0 atom stereocenters. The van der Waals surface area contributed by atoms with E-state index < -0.39 is 0 Å². The maximum Gasteiger partial charge on any atom is 0.195 e. The molecular weight excluding hydrogens is 179 g/mol. The standard InChI is InChI=1S/C5H11.CH3.Al.BrH/c1-3-5-4-2;;;/h1,3-5H2,2H3;1H3;;1H. The van der Waals surface area contributed by atoms with Gasteiger partial charge in [-0.3, -0.25) is 0 Å². The fraction of sp³-hybridized carbons (Fsp3) is 1.00. The number of halogens is 1. The summed E-state index contributed by atoms with van der Waals surface area (Å²) in [7, 11) is 0. The Kier molecular flexibility index (Phi) is 16.0. The number of hydrogen-bond acceptors (Lipinski definition) is 0. The summed E-state index contributed by atoms with van der Waals surface area (Å²) >= 11 is 0.781. The van der Waals surface area contributed by atoms with Gasteiger partial charge in [0.25, 0.3) is 0 Å². The molecule has 0 nitrogen and oxygen atoms in total. The van der Waals surface area contributed by atoms with Crippen LogP contribution in [0.15, 0.2) is 0 Å². The third-order valence-corrected chi connectivity index (χ3v) is 2.08. The second kappa shape index (κ2) is 10.9. The van der Waals surface area contributed by atoms with Crippen molar-refractivity contribution in [3.05, 3.63) is 0 Å². The van der Waals surface area contributed by atoms with Gasteiger partial charge in [0, 0.05) is 0 Å². The van der Waals surface area contributed by atoms with Gasteiger partial charge in [0.1, 0.15) is 0 Å². The van der Waals surface area contributed by atoms with Crippen LogP contribution in [-0.4, -0.2) is 15.2 Å². The van der Waals surface area contributed by atoms with E-state index in [9.17, 15) is 0 Å². The highest BCUT2D eigenvalue weighted by Gasteiger charge is 1.82. The van der Waals surface area contributed by atoms with Crippen LogP contribution in [0.2, 0.25) is 11.1 Å². The minimum absolute atomic E-state index is 0. The van der Waals surface area contributed by atoms with E-state index in [4.69, 9.17) is 0 Å². The molecule has 49 valence electrons. The molecule has 0 heterocycles. The Morgan fingerprint density at radius 3 is 2.25 bits per heavy atom. The van der Waals surface area contributed by atoms with Gasteiger partial charge in [-0.2, -0.15) is 0 Å². The van der Waals surface area contributed by atoms with Crippen molar-refractivity contribution in [1.82, 2.24) is 0 Å². The summed E-state index contributed by atoms with van der Waals surface area (Å²) in [5.74, 6) is 2.33. The molecule has 8 heavy (non-hydrogen) atoms. The van der Waals surface area contributed by atoms with E-state index in [1.54, 1.807) is 0 Å². The zero-order valence-corrected chi connectivity index (χ0v) is 8.68. The molecule has 2 heteroatoms. The summed E-state index contributed by atoms with van der Waals surface area (Å²) in [4.78, 5) is 0. The van der Waals surface area contributed by atoms with Crippen molar-refractivity contribution in [1.29, 1.82) is 0 Å². The van der Waals surface area contributed by atoms with Gasteiger partial charge in [0.05, 0.1) is 0 Å². The maximum atomic E-state index is 2.33. The second-order valence-electron chi connectivity index (χ2n) is 1.90. The highest BCUT2D eigenvalue weighted by Crippen LogP contribution is 1.97. The van der Waals surface area contributed by atoms with Crippen LogP contribution in [0.3, 0.4) is 0 Å². The first-order valence-electron chi connectivity index (χ1n) is 3.19. The van der Waals surface area contributed by atoms with Gasteiger partial charge < -0.3 is 0 Å². The van der Waals surface area contributed by atoms with Gasteiger partial charge in [0.15, 0.2) is 15.2 Å². The van der Waals surface area contributed by atoms with E-state index in [1.807, 2.05) is 0 Å². The molecule has 0 bridgehead atoms. The van der Waals surface area contributed by atoms with E-state index in [1.165, 1.54) is 24.5 Å². The van der Waals surface area contributed by atoms with Crippen LogP contribution in [0, 0.1) is 0 Å². The molecule has 0 aromatic rings.